The number of carbonyl (C=O) groups is 4. The third-order valence-corrected chi connectivity index (χ3v) is 6.32. The summed E-state index contributed by atoms with van der Waals surface area (Å²) >= 11 is 0. The molecule has 178 valence electrons. The molecule has 0 spiro atoms. The Balaban J connectivity index is 1.64. The Hall–Kier alpha value is -2.24. The lowest BCUT2D eigenvalue weighted by Crippen LogP contribution is -2.29. The maximum absolute atomic E-state index is 12.4. The van der Waals surface area contributed by atoms with Crippen LogP contribution in [0.25, 0.3) is 0 Å². The molecule has 0 radical (unpaired) electrons. The first-order valence-electron chi connectivity index (χ1n) is 11.8. The number of hydrogen-bond acceptors (Lipinski definition) is 6. The van der Waals surface area contributed by atoms with Gasteiger partial charge in [0.25, 0.3) is 0 Å². The van der Waals surface area contributed by atoms with Gasteiger partial charge in [0.1, 0.15) is 11.5 Å². The second kappa shape index (κ2) is 10.6. The van der Waals surface area contributed by atoms with Crippen LogP contribution in [0.4, 0.5) is 0 Å². The quantitative estimate of drug-likeness (QED) is 0.314. The Kier molecular flexibility index (Phi) is 8.60. The van der Waals surface area contributed by atoms with Gasteiger partial charge in [-0.1, -0.05) is 53.4 Å². The first-order chi connectivity index (χ1) is 14.8. The van der Waals surface area contributed by atoms with Gasteiger partial charge in [0.2, 0.25) is 0 Å². The van der Waals surface area contributed by atoms with Crippen LogP contribution in [-0.4, -0.2) is 33.3 Å². The molecule has 0 heterocycles. The maximum atomic E-state index is 12.4. The minimum Gasteiger partial charge on any atom is -0.511 e. The second-order valence-electron chi connectivity index (χ2n) is 11.0. The molecule has 0 amide bonds. The molecular weight excluding hydrogens is 408 g/mol. The van der Waals surface area contributed by atoms with Crippen LogP contribution >= 0.6 is 0 Å². The van der Waals surface area contributed by atoms with Gasteiger partial charge in [-0.2, -0.15) is 0 Å². The normalized spacial score (nSPS) is 20.6. The molecule has 2 aliphatic carbocycles. The van der Waals surface area contributed by atoms with E-state index in [4.69, 9.17) is 0 Å². The van der Waals surface area contributed by atoms with Gasteiger partial charge in [-0.25, -0.2) is 0 Å². The molecule has 0 saturated heterocycles. The molecule has 0 aromatic rings. The second-order valence-corrected chi connectivity index (χ2v) is 11.0. The van der Waals surface area contributed by atoms with Crippen LogP contribution in [-0.2, 0) is 19.2 Å². The maximum Gasteiger partial charge on any atom is 0.170 e. The lowest BCUT2D eigenvalue weighted by Gasteiger charge is -2.29. The standard InChI is InChI=1S/C26H38O6/c1-25(2)13-19(29)23(20(30)14-25)17(27)11-9-7-5-6-8-10-12-18(28)24-21(31)15-26(3,4)16-22(24)32/h29,31H,5-16H2,1-4H3. The van der Waals surface area contributed by atoms with E-state index in [1.165, 1.54) is 0 Å². The fraction of sp³-hybridized carbons (Fsp3) is 0.692. The summed E-state index contributed by atoms with van der Waals surface area (Å²) in [5, 5.41) is 20.2. The van der Waals surface area contributed by atoms with Gasteiger partial charge < -0.3 is 10.2 Å². The number of allylic oxidation sites excluding steroid dienone is 4. The van der Waals surface area contributed by atoms with Crippen molar-refractivity contribution < 1.29 is 29.4 Å². The first kappa shape index (κ1) is 26.0. The van der Waals surface area contributed by atoms with Crippen molar-refractivity contribution in [3.05, 3.63) is 22.7 Å². The molecule has 2 aliphatic rings. The molecule has 0 saturated carbocycles. The van der Waals surface area contributed by atoms with Crippen LogP contribution in [0.1, 0.15) is 105 Å². The topological polar surface area (TPSA) is 109 Å². The van der Waals surface area contributed by atoms with E-state index < -0.39 is 0 Å². The number of hydrogen-bond donors (Lipinski definition) is 2. The predicted octanol–water partition coefficient (Wildman–Crippen LogP) is 5.65. The number of carbonyl (C=O) groups excluding carboxylic acids is 4. The van der Waals surface area contributed by atoms with Crippen molar-refractivity contribution in [2.45, 2.75) is 105 Å². The number of aliphatic hydroxyl groups is 2. The van der Waals surface area contributed by atoms with E-state index in [0.29, 0.717) is 25.7 Å². The van der Waals surface area contributed by atoms with Crippen LogP contribution in [0, 0.1) is 10.8 Å². The summed E-state index contributed by atoms with van der Waals surface area (Å²) in [6.45, 7) is 7.62. The van der Waals surface area contributed by atoms with Crippen LogP contribution in [0.3, 0.4) is 0 Å². The molecule has 2 rings (SSSR count). The van der Waals surface area contributed by atoms with Crippen molar-refractivity contribution in [2.75, 3.05) is 0 Å². The van der Waals surface area contributed by atoms with Crippen LogP contribution < -0.4 is 0 Å². The van der Waals surface area contributed by atoms with Crippen molar-refractivity contribution in [2.24, 2.45) is 10.8 Å². The summed E-state index contributed by atoms with van der Waals surface area (Å²) in [6, 6.07) is 0. The fourth-order valence-electron chi connectivity index (χ4n) is 4.74. The zero-order valence-corrected chi connectivity index (χ0v) is 20.0. The summed E-state index contributed by atoms with van der Waals surface area (Å²) in [6.07, 6.45) is 6.64. The summed E-state index contributed by atoms with van der Waals surface area (Å²) in [5.41, 5.74) is -0.604. The SMILES string of the molecule is CC1(C)CC(=O)C(C(=O)CCCCCCCCC(=O)C2=C(O)CC(C)(C)CC2=O)=C(O)C1. The Morgan fingerprint density at radius 2 is 0.938 bits per heavy atom. The molecular formula is C26H38O6. The highest BCUT2D eigenvalue weighted by Crippen LogP contribution is 2.37. The van der Waals surface area contributed by atoms with Gasteiger partial charge >= 0.3 is 0 Å². The van der Waals surface area contributed by atoms with Gasteiger partial charge in [-0.05, 0) is 23.7 Å². The van der Waals surface area contributed by atoms with E-state index >= 15 is 0 Å². The minimum atomic E-state index is -0.303. The number of rotatable bonds is 11. The van der Waals surface area contributed by atoms with Gasteiger partial charge in [0.15, 0.2) is 23.1 Å². The molecule has 0 fully saturated rings. The lowest BCUT2D eigenvalue weighted by molar-refractivity contribution is -0.125. The molecule has 2 N–H and O–H groups in total. The van der Waals surface area contributed by atoms with E-state index in [1.54, 1.807) is 0 Å². The summed E-state index contributed by atoms with van der Waals surface area (Å²) < 4.78 is 0. The summed E-state index contributed by atoms with van der Waals surface area (Å²) in [7, 11) is 0. The van der Waals surface area contributed by atoms with Gasteiger partial charge in [-0.3, -0.25) is 19.2 Å². The Morgan fingerprint density at radius 1 is 0.625 bits per heavy atom. The highest BCUT2D eigenvalue weighted by Gasteiger charge is 2.36. The molecule has 0 bridgehead atoms. The molecule has 0 aromatic carbocycles. The third kappa shape index (κ3) is 7.14. The van der Waals surface area contributed by atoms with Crippen molar-refractivity contribution in [1.29, 1.82) is 0 Å². The van der Waals surface area contributed by atoms with E-state index in [-0.39, 0.29) is 82.3 Å². The molecule has 6 heteroatoms. The molecule has 0 aliphatic heterocycles. The minimum absolute atomic E-state index is 0.000965. The Bertz CT molecular complexity index is 770. The molecule has 32 heavy (non-hydrogen) atoms. The Labute approximate surface area is 191 Å². The van der Waals surface area contributed by atoms with Crippen LogP contribution in [0.2, 0.25) is 0 Å². The largest absolute Gasteiger partial charge is 0.511 e. The number of aliphatic hydroxyl groups excluding tert-OH is 2. The van der Waals surface area contributed by atoms with E-state index in [0.717, 1.165) is 25.7 Å². The Morgan fingerprint density at radius 3 is 1.25 bits per heavy atom. The van der Waals surface area contributed by atoms with Crippen molar-refractivity contribution in [1.82, 2.24) is 0 Å². The smallest absolute Gasteiger partial charge is 0.170 e. The van der Waals surface area contributed by atoms with Gasteiger partial charge in [0.05, 0.1) is 11.1 Å². The van der Waals surface area contributed by atoms with Gasteiger partial charge in [0, 0.05) is 38.5 Å². The number of ketones is 4. The number of Topliss-reactive ketones (excluding diaryl/α,β-unsaturated/α-hetero) is 4. The van der Waals surface area contributed by atoms with Crippen molar-refractivity contribution >= 4 is 23.1 Å². The molecule has 0 atom stereocenters. The molecule has 0 aromatic heterocycles. The van der Waals surface area contributed by atoms with Gasteiger partial charge in [-0.15, -0.1) is 0 Å². The number of unbranched alkanes of at least 4 members (excludes halogenated alkanes) is 5. The van der Waals surface area contributed by atoms with E-state index in [2.05, 4.69) is 0 Å². The summed E-state index contributed by atoms with van der Waals surface area (Å²) in [5.74, 6) is -1.17. The first-order valence-corrected chi connectivity index (χ1v) is 11.8. The van der Waals surface area contributed by atoms with Crippen LogP contribution in [0.15, 0.2) is 22.7 Å². The fourth-order valence-corrected chi connectivity index (χ4v) is 4.74. The summed E-state index contributed by atoms with van der Waals surface area (Å²) in [4.78, 5) is 49.1. The highest BCUT2D eigenvalue weighted by molar-refractivity contribution is 6.21. The van der Waals surface area contributed by atoms with E-state index in [9.17, 15) is 29.4 Å². The van der Waals surface area contributed by atoms with Crippen molar-refractivity contribution in [3.63, 3.8) is 0 Å². The molecule has 6 nitrogen and oxygen atoms in total. The molecule has 0 unspecified atom stereocenters. The van der Waals surface area contributed by atoms with Crippen molar-refractivity contribution in [3.8, 4) is 0 Å². The zero-order chi connectivity index (χ0) is 24.1. The predicted molar refractivity (Wildman–Crippen MR) is 122 cm³/mol. The lowest BCUT2D eigenvalue weighted by atomic mass is 9.75. The average molecular weight is 447 g/mol. The monoisotopic (exact) mass is 446 g/mol. The average Bonchev–Trinajstić information content (AvgIpc) is 2.60. The third-order valence-electron chi connectivity index (χ3n) is 6.32. The highest BCUT2D eigenvalue weighted by atomic mass is 16.3. The zero-order valence-electron chi connectivity index (χ0n) is 20.0. The van der Waals surface area contributed by atoms with E-state index in [1.807, 2.05) is 27.7 Å². The van der Waals surface area contributed by atoms with Crippen LogP contribution in [0.5, 0.6) is 0 Å².